The highest BCUT2D eigenvalue weighted by Gasteiger charge is 2.30. The Morgan fingerprint density at radius 3 is 2.69 bits per heavy atom. The third-order valence-corrected chi connectivity index (χ3v) is 2.54. The lowest BCUT2D eigenvalue weighted by Crippen LogP contribution is -2.54. The Labute approximate surface area is 78.8 Å². The molecule has 1 saturated carbocycles. The van der Waals surface area contributed by atoms with E-state index >= 15 is 0 Å². The van der Waals surface area contributed by atoms with Crippen molar-refractivity contribution in [3.8, 4) is 0 Å². The number of primary amides is 1. The van der Waals surface area contributed by atoms with E-state index in [9.17, 15) is 4.79 Å². The normalized spacial score (nSPS) is 21.1. The van der Waals surface area contributed by atoms with E-state index in [1.54, 1.807) is 14.0 Å². The number of hydrogen-bond donors (Lipinski definition) is 2. The first kappa shape index (κ1) is 10.5. The van der Waals surface area contributed by atoms with Crippen molar-refractivity contribution in [3.05, 3.63) is 0 Å². The largest absolute Gasteiger partial charge is 0.379 e. The van der Waals surface area contributed by atoms with E-state index in [0.29, 0.717) is 12.5 Å². The van der Waals surface area contributed by atoms with E-state index < -0.39 is 5.54 Å². The fourth-order valence-electron chi connectivity index (χ4n) is 0.981. The zero-order valence-electron chi connectivity index (χ0n) is 8.30. The molecule has 13 heavy (non-hydrogen) atoms. The molecular weight excluding hydrogens is 168 g/mol. The Hall–Kier alpha value is -0.610. The van der Waals surface area contributed by atoms with Gasteiger partial charge in [0, 0.05) is 6.61 Å². The van der Waals surface area contributed by atoms with Gasteiger partial charge in [-0.15, -0.1) is 0 Å². The standard InChI is InChI=1S/C9H18N2O2/c1-9(11-2,8(10)12)6-13-5-7-3-4-7/h7,11H,3-6H2,1-2H3,(H2,10,12). The number of rotatable bonds is 6. The Kier molecular flexibility index (Phi) is 3.27. The Bertz CT molecular complexity index is 192. The molecule has 0 aromatic carbocycles. The van der Waals surface area contributed by atoms with E-state index in [1.165, 1.54) is 12.8 Å². The molecule has 1 aliphatic carbocycles. The summed E-state index contributed by atoms with van der Waals surface area (Å²) in [5.74, 6) is 0.347. The maximum absolute atomic E-state index is 11.0. The van der Waals surface area contributed by atoms with Crippen LogP contribution in [0.4, 0.5) is 0 Å². The molecule has 1 rings (SSSR count). The van der Waals surface area contributed by atoms with Gasteiger partial charge in [0.2, 0.25) is 5.91 Å². The molecule has 1 aliphatic rings. The van der Waals surface area contributed by atoms with Crippen molar-refractivity contribution in [1.29, 1.82) is 0 Å². The van der Waals surface area contributed by atoms with Crippen molar-refractivity contribution in [3.63, 3.8) is 0 Å². The first-order valence-electron chi connectivity index (χ1n) is 4.65. The molecule has 1 atom stereocenters. The quantitative estimate of drug-likeness (QED) is 0.607. The molecule has 0 bridgehead atoms. The molecule has 4 heteroatoms. The SMILES string of the molecule is CNC(C)(COCC1CC1)C(N)=O. The van der Waals surface area contributed by atoms with Gasteiger partial charge in [-0.05, 0) is 32.7 Å². The average molecular weight is 186 g/mol. The summed E-state index contributed by atoms with van der Waals surface area (Å²) in [6.07, 6.45) is 2.51. The molecule has 0 heterocycles. The van der Waals surface area contributed by atoms with Gasteiger partial charge in [0.05, 0.1) is 6.61 Å². The number of amides is 1. The molecule has 0 aromatic heterocycles. The predicted molar refractivity (Wildman–Crippen MR) is 50.2 cm³/mol. The topological polar surface area (TPSA) is 64.3 Å². The summed E-state index contributed by atoms with van der Waals surface area (Å²) < 4.78 is 5.41. The van der Waals surface area contributed by atoms with Crippen molar-refractivity contribution in [2.45, 2.75) is 25.3 Å². The first-order chi connectivity index (χ1) is 6.08. The lowest BCUT2D eigenvalue weighted by molar-refractivity contribution is -0.126. The summed E-state index contributed by atoms with van der Waals surface area (Å²) in [7, 11) is 1.71. The summed E-state index contributed by atoms with van der Waals surface area (Å²) in [4.78, 5) is 11.0. The highest BCUT2D eigenvalue weighted by atomic mass is 16.5. The van der Waals surface area contributed by atoms with Crippen LogP contribution in [0.2, 0.25) is 0 Å². The smallest absolute Gasteiger partial charge is 0.239 e. The lowest BCUT2D eigenvalue weighted by atomic mass is 10.0. The van der Waals surface area contributed by atoms with Gasteiger partial charge in [-0.2, -0.15) is 0 Å². The molecule has 0 aliphatic heterocycles. The molecule has 1 fully saturated rings. The summed E-state index contributed by atoms with van der Waals surface area (Å²) in [6, 6.07) is 0. The maximum Gasteiger partial charge on any atom is 0.239 e. The van der Waals surface area contributed by atoms with Crippen LogP contribution in [0.3, 0.4) is 0 Å². The fourth-order valence-corrected chi connectivity index (χ4v) is 0.981. The van der Waals surface area contributed by atoms with Crippen molar-refractivity contribution in [2.75, 3.05) is 20.3 Å². The number of carbonyl (C=O) groups excluding carboxylic acids is 1. The number of likely N-dealkylation sites (N-methyl/N-ethyl adjacent to an activating group) is 1. The monoisotopic (exact) mass is 186 g/mol. The maximum atomic E-state index is 11.0. The molecule has 0 spiro atoms. The number of ether oxygens (including phenoxy) is 1. The highest BCUT2D eigenvalue weighted by Crippen LogP contribution is 2.28. The van der Waals surface area contributed by atoms with Crippen LogP contribution in [-0.2, 0) is 9.53 Å². The van der Waals surface area contributed by atoms with Crippen LogP contribution < -0.4 is 11.1 Å². The van der Waals surface area contributed by atoms with Crippen LogP contribution >= 0.6 is 0 Å². The molecular formula is C9H18N2O2. The number of nitrogens with two attached hydrogens (primary N) is 1. The highest BCUT2D eigenvalue weighted by molar-refractivity contribution is 5.84. The fraction of sp³-hybridized carbons (Fsp3) is 0.889. The number of nitrogens with one attached hydrogen (secondary N) is 1. The molecule has 76 valence electrons. The number of hydrogen-bond acceptors (Lipinski definition) is 3. The van der Waals surface area contributed by atoms with Crippen molar-refractivity contribution < 1.29 is 9.53 Å². The summed E-state index contributed by atoms with van der Waals surface area (Å²) in [6.45, 7) is 2.86. The zero-order valence-corrected chi connectivity index (χ0v) is 8.30. The minimum absolute atomic E-state index is 0.356. The van der Waals surface area contributed by atoms with Crippen molar-refractivity contribution >= 4 is 5.91 Å². The van der Waals surface area contributed by atoms with Gasteiger partial charge < -0.3 is 15.8 Å². The Morgan fingerprint density at radius 2 is 2.31 bits per heavy atom. The van der Waals surface area contributed by atoms with E-state index in [1.807, 2.05) is 0 Å². The molecule has 1 amide bonds. The molecule has 1 unspecified atom stereocenters. The second kappa shape index (κ2) is 4.07. The van der Waals surface area contributed by atoms with Crippen molar-refractivity contribution in [2.24, 2.45) is 11.7 Å². The van der Waals surface area contributed by atoms with Crippen LogP contribution in [0.5, 0.6) is 0 Å². The van der Waals surface area contributed by atoms with Gasteiger partial charge in [0.15, 0.2) is 0 Å². The van der Waals surface area contributed by atoms with E-state index in [4.69, 9.17) is 10.5 Å². The molecule has 0 aromatic rings. The van der Waals surface area contributed by atoms with Gasteiger partial charge in [-0.25, -0.2) is 0 Å². The van der Waals surface area contributed by atoms with Gasteiger partial charge >= 0.3 is 0 Å². The van der Waals surface area contributed by atoms with Gasteiger partial charge in [-0.3, -0.25) is 4.79 Å². The minimum atomic E-state index is -0.727. The van der Waals surface area contributed by atoms with Crippen LogP contribution in [0, 0.1) is 5.92 Å². The lowest BCUT2D eigenvalue weighted by Gasteiger charge is -2.24. The first-order valence-corrected chi connectivity index (χ1v) is 4.65. The Morgan fingerprint density at radius 1 is 1.69 bits per heavy atom. The van der Waals surface area contributed by atoms with Crippen LogP contribution in [0.1, 0.15) is 19.8 Å². The predicted octanol–water partition coefficient (Wildman–Crippen LogP) is -0.124. The van der Waals surface area contributed by atoms with E-state index in [2.05, 4.69) is 5.32 Å². The summed E-state index contributed by atoms with van der Waals surface area (Å²) in [5.41, 5.74) is 4.51. The molecule has 0 saturated heterocycles. The summed E-state index contributed by atoms with van der Waals surface area (Å²) >= 11 is 0. The van der Waals surface area contributed by atoms with Gasteiger partial charge in [0.1, 0.15) is 5.54 Å². The summed E-state index contributed by atoms with van der Waals surface area (Å²) in [5, 5.41) is 2.87. The van der Waals surface area contributed by atoms with Crippen LogP contribution in [0.15, 0.2) is 0 Å². The van der Waals surface area contributed by atoms with Crippen LogP contribution in [-0.4, -0.2) is 31.7 Å². The molecule has 0 radical (unpaired) electrons. The van der Waals surface area contributed by atoms with Crippen LogP contribution in [0.25, 0.3) is 0 Å². The van der Waals surface area contributed by atoms with E-state index in [0.717, 1.165) is 6.61 Å². The van der Waals surface area contributed by atoms with Crippen molar-refractivity contribution in [1.82, 2.24) is 5.32 Å². The zero-order chi connectivity index (χ0) is 9.90. The second-order valence-electron chi connectivity index (χ2n) is 3.90. The molecule has 3 N–H and O–H groups in total. The number of carbonyl (C=O) groups is 1. The van der Waals surface area contributed by atoms with Gasteiger partial charge in [0.25, 0.3) is 0 Å². The Balaban J connectivity index is 2.24. The third-order valence-electron chi connectivity index (χ3n) is 2.54. The average Bonchev–Trinajstić information content (AvgIpc) is 2.87. The second-order valence-corrected chi connectivity index (χ2v) is 3.90. The third kappa shape index (κ3) is 2.97. The van der Waals surface area contributed by atoms with Gasteiger partial charge in [-0.1, -0.05) is 0 Å². The minimum Gasteiger partial charge on any atom is -0.379 e. The van der Waals surface area contributed by atoms with E-state index in [-0.39, 0.29) is 5.91 Å². The molecule has 4 nitrogen and oxygen atoms in total.